The first-order chi connectivity index (χ1) is 9.28. The van der Waals surface area contributed by atoms with Crippen LogP contribution in [0.2, 0.25) is 0 Å². The highest BCUT2D eigenvalue weighted by Crippen LogP contribution is 2.20. The highest BCUT2D eigenvalue weighted by atomic mass is 16.1. The Hall–Kier alpha value is -2.86. The standard InChI is InChI=1S/C16H10N2O/c17-10-11-5-7-12(8-6-11)15-9-13-3-1-2-4-14(13)16(19)18-15/h1-9H,(H,18,19). The maximum atomic E-state index is 12.0. The van der Waals surface area contributed by atoms with Crippen molar-refractivity contribution in [3.05, 3.63) is 70.5 Å². The van der Waals surface area contributed by atoms with E-state index in [9.17, 15) is 4.79 Å². The van der Waals surface area contributed by atoms with Gasteiger partial charge in [-0.25, -0.2) is 0 Å². The van der Waals surface area contributed by atoms with Gasteiger partial charge in [-0.15, -0.1) is 0 Å². The maximum absolute atomic E-state index is 12.0. The van der Waals surface area contributed by atoms with Crippen molar-refractivity contribution in [3.8, 4) is 17.3 Å². The molecule has 0 spiro atoms. The van der Waals surface area contributed by atoms with Gasteiger partial charge >= 0.3 is 0 Å². The van der Waals surface area contributed by atoms with Gasteiger partial charge in [-0.2, -0.15) is 5.26 Å². The van der Waals surface area contributed by atoms with Gasteiger partial charge in [0.25, 0.3) is 5.56 Å². The number of benzene rings is 2. The van der Waals surface area contributed by atoms with E-state index in [1.165, 1.54) is 0 Å². The Labute approximate surface area is 109 Å². The molecule has 0 unspecified atom stereocenters. The van der Waals surface area contributed by atoms with Crippen LogP contribution in [0, 0.1) is 11.3 Å². The molecule has 0 amide bonds. The average molecular weight is 246 g/mol. The van der Waals surface area contributed by atoms with E-state index in [2.05, 4.69) is 11.1 Å². The Morgan fingerprint density at radius 2 is 1.74 bits per heavy atom. The van der Waals surface area contributed by atoms with Crippen LogP contribution in [-0.4, -0.2) is 4.98 Å². The van der Waals surface area contributed by atoms with E-state index in [4.69, 9.17) is 5.26 Å². The first kappa shape index (κ1) is 11.2. The van der Waals surface area contributed by atoms with Crippen LogP contribution in [0.4, 0.5) is 0 Å². The number of pyridine rings is 1. The molecule has 3 aromatic rings. The van der Waals surface area contributed by atoms with Crippen molar-refractivity contribution >= 4 is 10.8 Å². The first-order valence-electron chi connectivity index (χ1n) is 5.90. The zero-order valence-corrected chi connectivity index (χ0v) is 10.1. The van der Waals surface area contributed by atoms with Gasteiger partial charge in [0.1, 0.15) is 0 Å². The molecule has 19 heavy (non-hydrogen) atoms. The number of rotatable bonds is 1. The molecule has 0 aliphatic heterocycles. The average Bonchev–Trinajstić information content (AvgIpc) is 2.47. The van der Waals surface area contributed by atoms with E-state index < -0.39 is 0 Å². The fourth-order valence-electron chi connectivity index (χ4n) is 2.09. The summed E-state index contributed by atoms with van der Waals surface area (Å²) in [7, 11) is 0. The molecule has 0 bridgehead atoms. The van der Waals surface area contributed by atoms with Crippen molar-refractivity contribution in [1.82, 2.24) is 4.98 Å². The predicted octanol–water partition coefficient (Wildman–Crippen LogP) is 3.07. The third kappa shape index (κ3) is 2.00. The number of hydrogen-bond donors (Lipinski definition) is 1. The zero-order chi connectivity index (χ0) is 13.2. The molecule has 0 saturated heterocycles. The lowest BCUT2D eigenvalue weighted by atomic mass is 10.1. The van der Waals surface area contributed by atoms with Gasteiger partial charge in [0.15, 0.2) is 0 Å². The molecule has 0 aliphatic rings. The van der Waals surface area contributed by atoms with Crippen molar-refractivity contribution in [3.63, 3.8) is 0 Å². The SMILES string of the molecule is N#Cc1ccc(-c2cc3ccccc3c(=O)[nH]2)cc1. The van der Waals surface area contributed by atoms with E-state index in [0.29, 0.717) is 10.9 Å². The fourth-order valence-corrected chi connectivity index (χ4v) is 2.09. The number of H-pyrrole nitrogens is 1. The number of aromatic nitrogens is 1. The highest BCUT2D eigenvalue weighted by molar-refractivity contribution is 5.84. The van der Waals surface area contributed by atoms with Crippen LogP contribution < -0.4 is 5.56 Å². The molecule has 3 heteroatoms. The van der Waals surface area contributed by atoms with Gasteiger partial charge in [0.05, 0.1) is 11.6 Å². The van der Waals surface area contributed by atoms with E-state index in [0.717, 1.165) is 16.6 Å². The quantitative estimate of drug-likeness (QED) is 0.717. The second kappa shape index (κ2) is 4.43. The van der Waals surface area contributed by atoms with E-state index in [1.807, 2.05) is 36.4 Å². The minimum Gasteiger partial charge on any atom is -0.321 e. The smallest absolute Gasteiger partial charge is 0.256 e. The topological polar surface area (TPSA) is 56.6 Å². The molecule has 3 rings (SSSR count). The second-order valence-electron chi connectivity index (χ2n) is 4.29. The lowest BCUT2D eigenvalue weighted by Gasteiger charge is -2.04. The van der Waals surface area contributed by atoms with E-state index in [-0.39, 0.29) is 5.56 Å². The van der Waals surface area contributed by atoms with Crippen LogP contribution in [-0.2, 0) is 0 Å². The molecule has 1 N–H and O–H groups in total. The van der Waals surface area contributed by atoms with Crippen molar-refractivity contribution in [2.45, 2.75) is 0 Å². The van der Waals surface area contributed by atoms with Crippen LogP contribution >= 0.6 is 0 Å². The molecule has 0 radical (unpaired) electrons. The van der Waals surface area contributed by atoms with Crippen LogP contribution in [0.15, 0.2) is 59.4 Å². The van der Waals surface area contributed by atoms with Crippen molar-refractivity contribution < 1.29 is 0 Å². The third-order valence-electron chi connectivity index (χ3n) is 3.08. The Kier molecular flexibility index (Phi) is 2.62. The summed E-state index contributed by atoms with van der Waals surface area (Å²) in [6.45, 7) is 0. The van der Waals surface area contributed by atoms with Gasteiger partial charge in [-0.3, -0.25) is 4.79 Å². The van der Waals surface area contributed by atoms with E-state index >= 15 is 0 Å². The van der Waals surface area contributed by atoms with Crippen LogP contribution in [0.1, 0.15) is 5.56 Å². The molecule has 90 valence electrons. The summed E-state index contributed by atoms with van der Waals surface area (Å²) in [5.74, 6) is 0. The van der Waals surface area contributed by atoms with Crippen LogP contribution in [0.3, 0.4) is 0 Å². The Bertz CT molecular complexity index is 839. The van der Waals surface area contributed by atoms with Crippen molar-refractivity contribution in [1.29, 1.82) is 5.26 Å². The minimum absolute atomic E-state index is 0.0996. The Morgan fingerprint density at radius 1 is 1.00 bits per heavy atom. The van der Waals surface area contributed by atoms with Gasteiger partial charge in [0, 0.05) is 11.1 Å². The highest BCUT2D eigenvalue weighted by Gasteiger charge is 2.03. The fraction of sp³-hybridized carbons (Fsp3) is 0. The maximum Gasteiger partial charge on any atom is 0.256 e. The Morgan fingerprint density at radius 3 is 2.47 bits per heavy atom. The molecule has 0 fully saturated rings. The number of nitriles is 1. The van der Waals surface area contributed by atoms with Gasteiger partial charge < -0.3 is 4.98 Å². The van der Waals surface area contributed by atoms with Crippen LogP contribution in [0.25, 0.3) is 22.0 Å². The summed E-state index contributed by atoms with van der Waals surface area (Å²) in [6.07, 6.45) is 0. The van der Waals surface area contributed by atoms with Crippen molar-refractivity contribution in [2.75, 3.05) is 0 Å². The molecule has 3 nitrogen and oxygen atoms in total. The molecule has 0 atom stereocenters. The Balaban J connectivity index is 2.20. The number of fused-ring (bicyclic) bond motifs is 1. The minimum atomic E-state index is -0.0996. The second-order valence-corrected chi connectivity index (χ2v) is 4.29. The summed E-state index contributed by atoms with van der Waals surface area (Å²) >= 11 is 0. The van der Waals surface area contributed by atoms with Gasteiger partial charge in [-0.05, 0) is 35.2 Å². The normalized spacial score (nSPS) is 10.3. The monoisotopic (exact) mass is 246 g/mol. The molecule has 0 aliphatic carbocycles. The molecular weight excluding hydrogens is 236 g/mol. The number of nitrogens with one attached hydrogen (secondary N) is 1. The summed E-state index contributed by atoms with van der Waals surface area (Å²) in [5, 5.41) is 10.4. The molecule has 1 aromatic heterocycles. The lowest BCUT2D eigenvalue weighted by molar-refractivity contribution is 1.28. The predicted molar refractivity (Wildman–Crippen MR) is 74.7 cm³/mol. The number of nitrogens with zero attached hydrogens (tertiary/aromatic N) is 1. The van der Waals surface area contributed by atoms with Gasteiger partial charge in [-0.1, -0.05) is 30.3 Å². The largest absolute Gasteiger partial charge is 0.321 e. The number of aromatic amines is 1. The van der Waals surface area contributed by atoms with Crippen LogP contribution in [0.5, 0.6) is 0 Å². The summed E-state index contributed by atoms with van der Waals surface area (Å²) in [5.41, 5.74) is 2.15. The third-order valence-corrected chi connectivity index (χ3v) is 3.08. The number of hydrogen-bond acceptors (Lipinski definition) is 2. The first-order valence-corrected chi connectivity index (χ1v) is 5.90. The van der Waals surface area contributed by atoms with E-state index in [1.54, 1.807) is 18.2 Å². The summed E-state index contributed by atoms with van der Waals surface area (Å²) in [6, 6.07) is 18.6. The van der Waals surface area contributed by atoms with Crippen molar-refractivity contribution in [2.24, 2.45) is 0 Å². The molecule has 2 aromatic carbocycles. The summed E-state index contributed by atoms with van der Waals surface area (Å²) in [4.78, 5) is 14.9. The molecule has 1 heterocycles. The zero-order valence-electron chi connectivity index (χ0n) is 10.1. The summed E-state index contributed by atoms with van der Waals surface area (Å²) < 4.78 is 0. The lowest BCUT2D eigenvalue weighted by Crippen LogP contribution is -2.06. The molecular formula is C16H10N2O. The van der Waals surface area contributed by atoms with Gasteiger partial charge in [0.2, 0.25) is 0 Å². The molecule has 0 saturated carbocycles.